The Labute approximate surface area is 89.9 Å². The monoisotopic (exact) mass is 210 g/mol. The number of carbonyl (C=O) groups is 1. The highest BCUT2D eigenvalue weighted by atomic mass is 16.2. The van der Waals surface area contributed by atoms with E-state index in [0.717, 1.165) is 19.4 Å². The van der Waals surface area contributed by atoms with Gasteiger partial charge in [-0.1, -0.05) is 13.3 Å². The second-order valence-electron chi connectivity index (χ2n) is 3.66. The summed E-state index contributed by atoms with van der Waals surface area (Å²) in [5.74, 6) is 0.429. The number of hydrogen-bond donors (Lipinski definition) is 1. The minimum Gasteiger partial charge on any atom is -0.384 e. The van der Waals surface area contributed by atoms with E-state index < -0.39 is 0 Å². The Morgan fingerprint density at radius 3 is 2.80 bits per heavy atom. The fraction of sp³-hybridized carbons (Fsp3) is 0.600. The predicted molar refractivity (Wildman–Crippen MR) is 59.5 cm³/mol. The van der Waals surface area contributed by atoms with Crippen LogP contribution in [0.2, 0.25) is 0 Å². The Morgan fingerprint density at radius 2 is 2.33 bits per heavy atom. The molecule has 0 atom stereocenters. The van der Waals surface area contributed by atoms with Crippen molar-refractivity contribution in [1.29, 1.82) is 0 Å². The number of nitrogen functional groups attached to an aromatic ring is 1. The molecular formula is C10H18N4O. The van der Waals surface area contributed by atoms with Crippen LogP contribution in [0.25, 0.3) is 0 Å². The van der Waals surface area contributed by atoms with Crippen LogP contribution < -0.4 is 5.73 Å². The summed E-state index contributed by atoms with van der Waals surface area (Å²) in [5, 5.41) is 4.04. The number of unbranched alkanes of at least 4 members (excludes halogenated alkanes) is 1. The van der Waals surface area contributed by atoms with Crippen molar-refractivity contribution < 1.29 is 4.79 Å². The van der Waals surface area contributed by atoms with Gasteiger partial charge in [0.2, 0.25) is 0 Å². The van der Waals surface area contributed by atoms with Crippen LogP contribution >= 0.6 is 0 Å². The molecule has 0 fully saturated rings. The molecule has 0 aliphatic heterocycles. The van der Waals surface area contributed by atoms with Gasteiger partial charge in [-0.05, 0) is 6.42 Å². The maximum atomic E-state index is 11.8. The number of rotatable bonds is 4. The predicted octanol–water partition coefficient (Wildman–Crippen LogP) is 0.874. The van der Waals surface area contributed by atoms with E-state index in [1.807, 2.05) is 0 Å². The first-order valence-corrected chi connectivity index (χ1v) is 5.11. The van der Waals surface area contributed by atoms with Gasteiger partial charge in [0.25, 0.3) is 5.91 Å². The van der Waals surface area contributed by atoms with Gasteiger partial charge in [0.15, 0.2) is 5.69 Å². The molecule has 0 unspecified atom stereocenters. The summed E-state index contributed by atoms with van der Waals surface area (Å²) in [4.78, 5) is 13.5. The Hall–Kier alpha value is -1.52. The summed E-state index contributed by atoms with van der Waals surface area (Å²) < 4.78 is 1.50. The fourth-order valence-electron chi connectivity index (χ4n) is 1.28. The summed E-state index contributed by atoms with van der Waals surface area (Å²) in [5.41, 5.74) is 6.02. The standard InChI is InChI=1S/C10H18N4O/c1-4-5-6-13(2)10(15)8-7-9(11)14(3)12-8/h7H,4-6,11H2,1-3H3. The highest BCUT2D eigenvalue weighted by molar-refractivity contribution is 5.92. The van der Waals surface area contributed by atoms with Crippen LogP contribution in [0, 0.1) is 0 Å². The summed E-state index contributed by atoms with van der Waals surface area (Å²) in [6, 6.07) is 1.60. The maximum Gasteiger partial charge on any atom is 0.274 e. The molecule has 0 bridgehead atoms. The zero-order chi connectivity index (χ0) is 11.4. The second-order valence-corrected chi connectivity index (χ2v) is 3.66. The van der Waals surface area contributed by atoms with Crippen molar-refractivity contribution in [2.24, 2.45) is 7.05 Å². The molecule has 2 N–H and O–H groups in total. The number of carbonyl (C=O) groups excluding carboxylic acids is 1. The Morgan fingerprint density at radius 1 is 1.67 bits per heavy atom. The van der Waals surface area contributed by atoms with Crippen LogP contribution in [0.5, 0.6) is 0 Å². The van der Waals surface area contributed by atoms with Crippen LogP contribution in [0.15, 0.2) is 6.07 Å². The highest BCUT2D eigenvalue weighted by Gasteiger charge is 2.15. The molecule has 0 radical (unpaired) electrons. The van der Waals surface area contributed by atoms with Crippen LogP contribution in [0.3, 0.4) is 0 Å². The van der Waals surface area contributed by atoms with Gasteiger partial charge in [0, 0.05) is 26.7 Å². The van der Waals surface area contributed by atoms with E-state index in [-0.39, 0.29) is 5.91 Å². The van der Waals surface area contributed by atoms with Gasteiger partial charge < -0.3 is 10.6 Å². The molecule has 1 aromatic heterocycles. The highest BCUT2D eigenvalue weighted by Crippen LogP contribution is 2.07. The smallest absolute Gasteiger partial charge is 0.274 e. The Balaban J connectivity index is 2.67. The topological polar surface area (TPSA) is 64.2 Å². The largest absolute Gasteiger partial charge is 0.384 e. The molecule has 0 aliphatic carbocycles. The average molecular weight is 210 g/mol. The quantitative estimate of drug-likeness (QED) is 0.802. The third-order valence-electron chi connectivity index (χ3n) is 2.33. The lowest BCUT2D eigenvalue weighted by atomic mass is 10.3. The Kier molecular flexibility index (Phi) is 3.71. The first-order valence-electron chi connectivity index (χ1n) is 5.11. The van der Waals surface area contributed by atoms with E-state index in [9.17, 15) is 4.79 Å². The summed E-state index contributed by atoms with van der Waals surface area (Å²) in [6.07, 6.45) is 2.08. The number of anilines is 1. The summed E-state index contributed by atoms with van der Waals surface area (Å²) in [6.45, 7) is 2.85. The van der Waals surface area contributed by atoms with Gasteiger partial charge in [0.1, 0.15) is 5.82 Å². The number of aromatic nitrogens is 2. The third-order valence-corrected chi connectivity index (χ3v) is 2.33. The van der Waals surface area contributed by atoms with Crippen molar-refractivity contribution in [2.75, 3.05) is 19.3 Å². The number of hydrogen-bond acceptors (Lipinski definition) is 3. The van der Waals surface area contributed by atoms with Crippen molar-refractivity contribution in [3.63, 3.8) is 0 Å². The molecular weight excluding hydrogens is 192 g/mol. The molecule has 0 aliphatic rings. The van der Waals surface area contributed by atoms with Crippen molar-refractivity contribution >= 4 is 11.7 Å². The van der Waals surface area contributed by atoms with E-state index in [0.29, 0.717) is 11.5 Å². The van der Waals surface area contributed by atoms with Crippen LogP contribution in [-0.2, 0) is 7.05 Å². The lowest BCUT2D eigenvalue weighted by Crippen LogP contribution is -2.28. The van der Waals surface area contributed by atoms with E-state index >= 15 is 0 Å². The zero-order valence-corrected chi connectivity index (χ0v) is 9.53. The van der Waals surface area contributed by atoms with Gasteiger partial charge in [-0.3, -0.25) is 9.48 Å². The molecule has 1 heterocycles. The second kappa shape index (κ2) is 4.82. The third kappa shape index (κ3) is 2.71. The number of aryl methyl sites for hydroxylation is 1. The molecule has 1 rings (SSSR count). The van der Waals surface area contributed by atoms with Crippen LogP contribution in [0.1, 0.15) is 30.3 Å². The van der Waals surface area contributed by atoms with Gasteiger partial charge in [-0.15, -0.1) is 0 Å². The molecule has 0 aromatic carbocycles. The zero-order valence-electron chi connectivity index (χ0n) is 9.53. The first kappa shape index (κ1) is 11.6. The van der Waals surface area contributed by atoms with Crippen molar-refractivity contribution in [1.82, 2.24) is 14.7 Å². The van der Waals surface area contributed by atoms with Gasteiger partial charge in [-0.2, -0.15) is 5.10 Å². The summed E-state index contributed by atoms with van der Waals surface area (Å²) in [7, 11) is 3.50. The molecule has 5 nitrogen and oxygen atoms in total. The molecule has 1 aromatic rings. The van der Waals surface area contributed by atoms with Crippen LogP contribution in [-0.4, -0.2) is 34.2 Å². The van der Waals surface area contributed by atoms with E-state index in [2.05, 4.69) is 12.0 Å². The SMILES string of the molecule is CCCCN(C)C(=O)c1cc(N)n(C)n1. The number of nitrogens with two attached hydrogens (primary N) is 1. The fourth-order valence-corrected chi connectivity index (χ4v) is 1.28. The maximum absolute atomic E-state index is 11.8. The van der Waals surface area contributed by atoms with Crippen molar-refractivity contribution in [3.8, 4) is 0 Å². The van der Waals surface area contributed by atoms with Gasteiger partial charge >= 0.3 is 0 Å². The van der Waals surface area contributed by atoms with Gasteiger partial charge in [0.05, 0.1) is 0 Å². The molecule has 0 spiro atoms. The lowest BCUT2D eigenvalue weighted by Gasteiger charge is -2.14. The molecule has 5 heteroatoms. The van der Waals surface area contributed by atoms with E-state index in [4.69, 9.17) is 5.73 Å². The van der Waals surface area contributed by atoms with Gasteiger partial charge in [-0.25, -0.2) is 0 Å². The minimum atomic E-state index is -0.0734. The minimum absolute atomic E-state index is 0.0734. The normalized spacial score (nSPS) is 10.3. The molecule has 1 amide bonds. The lowest BCUT2D eigenvalue weighted by molar-refractivity contribution is 0.0786. The summed E-state index contributed by atoms with van der Waals surface area (Å²) >= 11 is 0. The average Bonchev–Trinajstić information content (AvgIpc) is 2.54. The number of nitrogens with zero attached hydrogens (tertiary/aromatic N) is 3. The number of amides is 1. The van der Waals surface area contributed by atoms with E-state index in [1.165, 1.54) is 4.68 Å². The molecule has 15 heavy (non-hydrogen) atoms. The Bertz CT molecular complexity index is 326. The van der Waals surface area contributed by atoms with Crippen molar-refractivity contribution in [2.45, 2.75) is 19.8 Å². The molecule has 0 saturated heterocycles. The molecule has 84 valence electrons. The van der Waals surface area contributed by atoms with E-state index in [1.54, 1.807) is 25.1 Å². The van der Waals surface area contributed by atoms with Crippen LogP contribution in [0.4, 0.5) is 5.82 Å². The first-order chi connectivity index (χ1) is 7.06. The molecule has 0 saturated carbocycles. The van der Waals surface area contributed by atoms with Crippen molar-refractivity contribution in [3.05, 3.63) is 11.8 Å².